The third-order valence-corrected chi connectivity index (χ3v) is 6.40. The monoisotopic (exact) mass is 509 g/mol. The number of ether oxygens (including phenoxy) is 2. The van der Waals surface area contributed by atoms with E-state index in [1.165, 1.54) is 14.2 Å². The number of fused-ring (bicyclic) bond motifs is 1. The van der Waals surface area contributed by atoms with Gasteiger partial charge in [-0.25, -0.2) is 9.78 Å². The lowest BCUT2D eigenvalue weighted by molar-refractivity contribution is 0.0794. The molecule has 0 saturated carbocycles. The normalized spacial score (nSPS) is 13.6. The first kappa shape index (κ1) is 28.2. The average Bonchev–Trinajstić information content (AvgIpc) is 2.92. The van der Waals surface area contributed by atoms with Gasteiger partial charge in [0.15, 0.2) is 0 Å². The van der Waals surface area contributed by atoms with E-state index in [9.17, 15) is 14.6 Å². The fourth-order valence-corrected chi connectivity index (χ4v) is 4.32. The Morgan fingerprint density at radius 1 is 1.11 bits per heavy atom. The van der Waals surface area contributed by atoms with Crippen LogP contribution >= 0.6 is 0 Å². The second-order valence-electron chi connectivity index (χ2n) is 8.81. The number of carbonyl (C=O) groups excluding carboxylic acids is 1. The molecule has 9 nitrogen and oxygen atoms in total. The van der Waals surface area contributed by atoms with Crippen LogP contribution in [0.1, 0.15) is 43.6 Å². The second-order valence-corrected chi connectivity index (χ2v) is 8.81. The van der Waals surface area contributed by atoms with Crippen molar-refractivity contribution in [1.29, 1.82) is 0 Å². The lowest BCUT2D eigenvalue weighted by Gasteiger charge is -2.31. The van der Waals surface area contributed by atoms with Crippen molar-refractivity contribution in [2.45, 2.75) is 53.2 Å². The van der Waals surface area contributed by atoms with E-state index < -0.39 is 7.12 Å². The highest BCUT2D eigenvalue weighted by molar-refractivity contribution is 6.61. The molecule has 0 atom stereocenters. The SMILES string of the molecule is CC.COB(O)c1cc2nc(C)n(Cc3ccc(C)cc3)c(=O)c2cc1OC1CCN(C(=O)OC)CC1. The molecule has 1 aromatic heterocycles. The number of hydrogen-bond donors (Lipinski definition) is 1. The molecule has 1 aliphatic heterocycles. The first-order chi connectivity index (χ1) is 17.8. The number of aryl methyl sites for hydroxylation is 2. The van der Waals surface area contributed by atoms with E-state index in [1.54, 1.807) is 28.5 Å². The number of hydrogen-bond acceptors (Lipinski definition) is 7. The maximum absolute atomic E-state index is 13.5. The summed E-state index contributed by atoms with van der Waals surface area (Å²) >= 11 is 0. The molecule has 1 aliphatic rings. The maximum atomic E-state index is 13.5. The third-order valence-electron chi connectivity index (χ3n) is 6.40. The van der Waals surface area contributed by atoms with Gasteiger partial charge in [-0.2, -0.15) is 0 Å². The third kappa shape index (κ3) is 6.50. The molecule has 0 bridgehead atoms. The summed E-state index contributed by atoms with van der Waals surface area (Å²) in [7, 11) is 1.52. The average molecular weight is 509 g/mol. The van der Waals surface area contributed by atoms with E-state index in [0.29, 0.717) is 60.4 Å². The van der Waals surface area contributed by atoms with Crippen LogP contribution in [0.15, 0.2) is 41.2 Å². The number of methoxy groups -OCH3 is 1. The van der Waals surface area contributed by atoms with E-state index in [-0.39, 0.29) is 17.8 Å². The highest BCUT2D eigenvalue weighted by atomic mass is 16.5. The Hall–Kier alpha value is -3.37. The summed E-state index contributed by atoms with van der Waals surface area (Å²) in [5.41, 5.74) is 2.83. The molecule has 2 heterocycles. The first-order valence-corrected chi connectivity index (χ1v) is 12.6. The van der Waals surface area contributed by atoms with Crippen molar-refractivity contribution in [1.82, 2.24) is 14.5 Å². The topological polar surface area (TPSA) is 103 Å². The number of amides is 1. The molecule has 198 valence electrons. The largest absolute Gasteiger partial charge is 0.494 e. The van der Waals surface area contributed by atoms with E-state index in [2.05, 4.69) is 4.98 Å². The van der Waals surface area contributed by atoms with Gasteiger partial charge in [-0.05, 0) is 31.5 Å². The molecule has 1 N–H and O–H groups in total. The Morgan fingerprint density at radius 3 is 2.35 bits per heavy atom. The molecule has 0 radical (unpaired) electrons. The predicted molar refractivity (Wildman–Crippen MR) is 145 cm³/mol. The van der Waals surface area contributed by atoms with Crippen LogP contribution < -0.4 is 15.8 Å². The van der Waals surface area contributed by atoms with E-state index in [1.807, 2.05) is 45.0 Å². The van der Waals surface area contributed by atoms with Gasteiger partial charge in [0.1, 0.15) is 17.7 Å². The highest BCUT2D eigenvalue weighted by Crippen LogP contribution is 2.22. The van der Waals surface area contributed by atoms with Gasteiger partial charge in [0, 0.05) is 38.5 Å². The Balaban J connectivity index is 0.00000186. The molecule has 0 spiro atoms. The van der Waals surface area contributed by atoms with Gasteiger partial charge in [0.25, 0.3) is 5.56 Å². The zero-order chi connectivity index (χ0) is 27.1. The van der Waals surface area contributed by atoms with Crippen LogP contribution in [0.4, 0.5) is 4.79 Å². The molecule has 1 amide bonds. The van der Waals surface area contributed by atoms with Crippen LogP contribution in [0.3, 0.4) is 0 Å². The number of nitrogens with zero attached hydrogens (tertiary/aromatic N) is 3. The first-order valence-electron chi connectivity index (χ1n) is 12.6. The van der Waals surface area contributed by atoms with Crippen molar-refractivity contribution in [2.75, 3.05) is 27.3 Å². The van der Waals surface area contributed by atoms with Gasteiger partial charge in [0.2, 0.25) is 0 Å². The summed E-state index contributed by atoms with van der Waals surface area (Å²) < 4.78 is 17.8. The fourth-order valence-electron chi connectivity index (χ4n) is 4.32. The molecule has 10 heteroatoms. The number of likely N-dealkylation sites (tertiary alicyclic amines) is 1. The van der Waals surface area contributed by atoms with Crippen LogP contribution in [0.2, 0.25) is 0 Å². The van der Waals surface area contributed by atoms with Crippen molar-refractivity contribution in [2.24, 2.45) is 0 Å². The molecule has 0 aliphatic carbocycles. The lowest BCUT2D eigenvalue weighted by Crippen LogP contribution is -2.43. The fraction of sp³-hybridized carbons (Fsp3) is 0.444. The molecule has 1 saturated heterocycles. The maximum Gasteiger partial charge on any atom is 0.494 e. The summed E-state index contributed by atoms with van der Waals surface area (Å²) in [5, 5.41) is 10.9. The molecular weight excluding hydrogens is 473 g/mol. The van der Waals surface area contributed by atoms with Crippen LogP contribution in [-0.4, -0.2) is 66.1 Å². The Bertz CT molecular complexity index is 1270. The van der Waals surface area contributed by atoms with Gasteiger partial charge in [-0.15, -0.1) is 0 Å². The second kappa shape index (κ2) is 12.7. The number of piperidine rings is 1. The summed E-state index contributed by atoms with van der Waals surface area (Å²) in [6.07, 6.45) is 0.642. The van der Waals surface area contributed by atoms with E-state index in [0.717, 1.165) is 11.1 Å². The molecule has 2 aromatic carbocycles. The number of benzene rings is 2. The van der Waals surface area contributed by atoms with Crippen molar-refractivity contribution in [3.63, 3.8) is 0 Å². The minimum atomic E-state index is -1.23. The molecule has 3 aromatic rings. The molecule has 4 rings (SSSR count). The minimum absolute atomic E-state index is 0.183. The van der Waals surface area contributed by atoms with Gasteiger partial charge in [-0.3, -0.25) is 9.36 Å². The molecule has 1 fully saturated rings. The minimum Gasteiger partial charge on any atom is -0.491 e. The lowest BCUT2D eigenvalue weighted by atomic mass is 9.78. The van der Waals surface area contributed by atoms with Crippen LogP contribution in [0.5, 0.6) is 5.75 Å². The van der Waals surface area contributed by atoms with Crippen LogP contribution in [0, 0.1) is 13.8 Å². The Labute approximate surface area is 218 Å². The van der Waals surface area contributed by atoms with Gasteiger partial charge in [-0.1, -0.05) is 43.7 Å². The quantitative estimate of drug-likeness (QED) is 0.510. The summed E-state index contributed by atoms with van der Waals surface area (Å²) in [6, 6.07) is 11.3. The van der Waals surface area contributed by atoms with E-state index in [4.69, 9.17) is 14.1 Å². The Kier molecular flexibility index (Phi) is 9.71. The van der Waals surface area contributed by atoms with Gasteiger partial charge >= 0.3 is 13.2 Å². The van der Waals surface area contributed by atoms with Crippen molar-refractivity contribution < 1.29 is 23.9 Å². The summed E-state index contributed by atoms with van der Waals surface area (Å²) in [6.45, 7) is 9.21. The van der Waals surface area contributed by atoms with Crippen molar-refractivity contribution >= 4 is 29.6 Å². The van der Waals surface area contributed by atoms with Gasteiger partial charge < -0.3 is 24.1 Å². The molecule has 37 heavy (non-hydrogen) atoms. The van der Waals surface area contributed by atoms with Gasteiger partial charge in [0.05, 0.1) is 24.6 Å². The highest BCUT2D eigenvalue weighted by Gasteiger charge is 2.28. The standard InChI is InChI=1S/C25H30BN3O6.C2H6/c1-16-5-7-18(8-6-16)15-29-17(2)27-22-14-21(26(32)34-4)23(13-20(22)24(29)30)35-19-9-11-28(12-10-19)25(31)33-3;1-2/h5-8,13-14,19,32H,9-12,15H2,1-4H3;1-2H3. The van der Waals surface area contributed by atoms with Crippen molar-refractivity contribution in [3.8, 4) is 5.75 Å². The molecular formula is C27H36BN3O6. The number of rotatable bonds is 6. The van der Waals surface area contributed by atoms with Crippen LogP contribution in [-0.2, 0) is 15.9 Å². The van der Waals surface area contributed by atoms with E-state index >= 15 is 0 Å². The zero-order valence-corrected chi connectivity index (χ0v) is 22.5. The summed E-state index contributed by atoms with van der Waals surface area (Å²) in [5.74, 6) is 0.942. The molecule has 0 unspecified atom stereocenters. The smallest absolute Gasteiger partial charge is 0.491 e. The summed E-state index contributed by atoms with van der Waals surface area (Å²) in [4.78, 5) is 31.5. The zero-order valence-electron chi connectivity index (χ0n) is 22.5. The predicted octanol–water partition coefficient (Wildman–Crippen LogP) is 3.03. The number of aromatic nitrogens is 2. The van der Waals surface area contributed by atoms with Crippen LogP contribution in [0.25, 0.3) is 10.9 Å². The number of carbonyl (C=O) groups is 1. The van der Waals surface area contributed by atoms with Crippen molar-refractivity contribution in [3.05, 3.63) is 63.7 Å². The Morgan fingerprint density at radius 2 is 1.76 bits per heavy atom.